The van der Waals surface area contributed by atoms with Gasteiger partial charge in [-0.15, -0.1) is 0 Å². The summed E-state index contributed by atoms with van der Waals surface area (Å²) in [4.78, 5) is 22.6. The monoisotopic (exact) mass is 383 g/mol. The van der Waals surface area contributed by atoms with Crippen LogP contribution in [0.3, 0.4) is 0 Å². The van der Waals surface area contributed by atoms with Gasteiger partial charge in [-0.25, -0.2) is 4.79 Å². The van der Waals surface area contributed by atoms with E-state index >= 15 is 0 Å². The van der Waals surface area contributed by atoms with Crippen LogP contribution < -0.4 is 5.32 Å². The van der Waals surface area contributed by atoms with E-state index in [0.29, 0.717) is 24.2 Å². The summed E-state index contributed by atoms with van der Waals surface area (Å²) in [6.07, 6.45) is 0.0565. The first kappa shape index (κ1) is 20.5. The summed E-state index contributed by atoms with van der Waals surface area (Å²) in [6, 6.07) is 4.39. The van der Waals surface area contributed by atoms with E-state index in [1.165, 1.54) is 18.3 Å². The molecule has 1 aromatic heterocycles. The molecular formula is C18H20F3N3O3. The van der Waals surface area contributed by atoms with E-state index in [9.17, 15) is 22.8 Å². The van der Waals surface area contributed by atoms with Crippen molar-refractivity contribution in [2.75, 3.05) is 5.32 Å². The predicted molar refractivity (Wildman–Crippen MR) is 92.0 cm³/mol. The van der Waals surface area contributed by atoms with E-state index in [1.807, 2.05) is 0 Å². The van der Waals surface area contributed by atoms with Crippen LogP contribution >= 0.6 is 0 Å². The Morgan fingerprint density at radius 1 is 1.19 bits per heavy atom. The maximum Gasteiger partial charge on any atom is 0.416 e. The zero-order chi connectivity index (χ0) is 19.9. The van der Waals surface area contributed by atoms with Crippen molar-refractivity contribution in [2.24, 2.45) is 0 Å². The van der Waals surface area contributed by atoms with Gasteiger partial charge in [-0.05, 0) is 37.5 Å². The Balaban J connectivity index is 1.75. The van der Waals surface area contributed by atoms with Crippen molar-refractivity contribution in [1.82, 2.24) is 9.78 Å². The lowest BCUT2D eigenvalue weighted by molar-refractivity contribution is -0.137. The van der Waals surface area contributed by atoms with E-state index in [0.717, 1.165) is 25.0 Å². The average Bonchev–Trinajstić information content (AvgIpc) is 3.03. The molecule has 0 fully saturated rings. The highest BCUT2D eigenvalue weighted by Crippen LogP contribution is 2.29. The molecule has 9 heteroatoms. The minimum Gasteiger partial charge on any atom is -0.444 e. The lowest BCUT2D eigenvalue weighted by atomic mass is 10.1. The van der Waals surface area contributed by atoms with Crippen molar-refractivity contribution < 1.29 is 27.5 Å². The molecule has 146 valence electrons. The lowest BCUT2D eigenvalue weighted by Crippen LogP contribution is -2.13. The van der Waals surface area contributed by atoms with Crippen molar-refractivity contribution in [3.8, 4) is 0 Å². The zero-order valence-electron chi connectivity index (χ0n) is 14.8. The Bertz CT molecular complexity index is 770. The Kier molecular flexibility index (Phi) is 6.98. The number of rotatable bonds is 8. The number of aryl methyl sites for hydroxylation is 1. The van der Waals surface area contributed by atoms with Crippen molar-refractivity contribution in [3.63, 3.8) is 0 Å². The van der Waals surface area contributed by atoms with Gasteiger partial charge in [0.2, 0.25) is 0 Å². The van der Waals surface area contributed by atoms with E-state index < -0.39 is 17.8 Å². The quantitative estimate of drug-likeness (QED) is 0.686. The third-order valence-electron chi connectivity index (χ3n) is 3.70. The SMILES string of the molecule is CC(=O)CCCCn1cc(NC(=O)OCc2ccc(C(F)(F)F)cc2)cn1. The molecule has 0 saturated carbocycles. The van der Waals surface area contributed by atoms with Crippen LogP contribution in [0.5, 0.6) is 0 Å². The van der Waals surface area contributed by atoms with Crippen molar-refractivity contribution >= 4 is 17.6 Å². The number of carbonyl (C=O) groups is 2. The van der Waals surface area contributed by atoms with Crippen molar-refractivity contribution in [1.29, 1.82) is 0 Å². The fourth-order valence-corrected chi connectivity index (χ4v) is 2.29. The first-order chi connectivity index (χ1) is 12.7. The lowest BCUT2D eigenvalue weighted by Gasteiger charge is -2.08. The van der Waals surface area contributed by atoms with Crippen LogP contribution in [-0.2, 0) is 28.9 Å². The number of ether oxygens (including phenoxy) is 1. The van der Waals surface area contributed by atoms with E-state index in [1.54, 1.807) is 17.8 Å². The first-order valence-electron chi connectivity index (χ1n) is 8.36. The van der Waals surface area contributed by atoms with Gasteiger partial charge in [0, 0.05) is 19.2 Å². The molecule has 6 nitrogen and oxygen atoms in total. The highest BCUT2D eigenvalue weighted by molar-refractivity contribution is 5.84. The third-order valence-corrected chi connectivity index (χ3v) is 3.70. The van der Waals surface area contributed by atoms with Crippen LogP contribution in [0.2, 0.25) is 0 Å². The number of aromatic nitrogens is 2. The molecule has 0 atom stereocenters. The van der Waals surface area contributed by atoms with Gasteiger partial charge in [-0.1, -0.05) is 12.1 Å². The minimum atomic E-state index is -4.40. The van der Waals surface area contributed by atoms with Gasteiger partial charge < -0.3 is 9.53 Å². The Morgan fingerprint density at radius 3 is 2.52 bits per heavy atom. The molecule has 0 bridgehead atoms. The smallest absolute Gasteiger partial charge is 0.416 e. The van der Waals surface area contributed by atoms with Crippen LogP contribution in [0.25, 0.3) is 0 Å². The van der Waals surface area contributed by atoms with Gasteiger partial charge in [0.15, 0.2) is 0 Å². The minimum absolute atomic E-state index is 0.147. The molecule has 2 rings (SSSR count). The second kappa shape index (κ2) is 9.20. The molecule has 1 amide bonds. The topological polar surface area (TPSA) is 73.2 Å². The van der Waals surface area contributed by atoms with E-state index in [4.69, 9.17) is 4.74 Å². The average molecular weight is 383 g/mol. The van der Waals surface area contributed by atoms with Crippen molar-refractivity contribution in [3.05, 3.63) is 47.8 Å². The molecule has 1 N–H and O–H groups in total. The van der Waals surface area contributed by atoms with Crippen LogP contribution in [-0.4, -0.2) is 21.7 Å². The molecule has 0 spiro atoms. The normalized spacial score (nSPS) is 11.3. The molecule has 0 aliphatic carbocycles. The molecule has 0 unspecified atom stereocenters. The molecular weight excluding hydrogens is 363 g/mol. The summed E-state index contributed by atoms with van der Waals surface area (Å²) in [6.45, 7) is 2.02. The van der Waals surface area contributed by atoms with Gasteiger partial charge in [-0.3, -0.25) is 10.00 Å². The number of benzene rings is 1. The van der Waals surface area contributed by atoms with E-state index in [-0.39, 0.29) is 12.4 Å². The van der Waals surface area contributed by atoms with Crippen molar-refractivity contribution in [2.45, 2.75) is 45.5 Å². The highest BCUT2D eigenvalue weighted by atomic mass is 19.4. The number of nitrogens with one attached hydrogen (secondary N) is 1. The summed E-state index contributed by atoms with van der Waals surface area (Å²) in [5.74, 6) is 0.147. The molecule has 0 radical (unpaired) electrons. The predicted octanol–water partition coefficient (Wildman–Crippen LogP) is 4.41. The van der Waals surface area contributed by atoms with Crippen LogP contribution in [0.15, 0.2) is 36.7 Å². The maximum absolute atomic E-state index is 12.5. The summed E-state index contributed by atoms with van der Waals surface area (Å²) < 4.78 is 44.1. The molecule has 1 heterocycles. The van der Waals surface area contributed by atoms with Crippen LogP contribution in [0, 0.1) is 0 Å². The van der Waals surface area contributed by atoms with Gasteiger partial charge in [-0.2, -0.15) is 18.3 Å². The molecule has 0 aliphatic rings. The first-order valence-corrected chi connectivity index (χ1v) is 8.36. The number of unbranched alkanes of at least 4 members (excludes halogenated alkanes) is 1. The standard InChI is InChI=1S/C18H20F3N3O3/c1-13(25)4-2-3-9-24-11-16(10-22-24)23-17(26)27-12-14-5-7-15(8-6-14)18(19,20)21/h5-8,10-11H,2-4,9,12H2,1H3,(H,23,26). The molecule has 1 aromatic carbocycles. The van der Waals surface area contributed by atoms with E-state index in [2.05, 4.69) is 10.4 Å². The second-order valence-corrected chi connectivity index (χ2v) is 6.05. The number of hydrogen-bond donors (Lipinski definition) is 1. The molecule has 27 heavy (non-hydrogen) atoms. The molecule has 0 aliphatic heterocycles. The van der Waals surface area contributed by atoms with Gasteiger partial charge in [0.25, 0.3) is 0 Å². The summed E-state index contributed by atoms with van der Waals surface area (Å²) in [7, 11) is 0. The van der Waals surface area contributed by atoms with Crippen LogP contribution in [0.1, 0.15) is 37.3 Å². The second-order valence-electron chi connectivity index (χ2n) is 6.05. The largest absolute Gasteiger partial charge is 0.444 e. The maximum atomic E-state index is 12.5. The number of ketones is 1. The number of halogens is 3. The molecule has 0 saturated heterocycles. The Labute approximate surface area is 154 Å². The fourth-order valence-electron chi connectivity index (χ4n) is 2.29. The number of nitrogens with zero attached hydrogens (tertiary/aromatic N) is 2. The number of amides is 1. The zero-order valence-corrected chi connectivity index (χ0v) is 14.8. The van der Waals surface area contributed by atoms with Gasteiger partial charge >= 0.3 is 12.3 Å². The molecule has 2 aromatic rings. The summed E-state index contributed by atoms with van der Waals surface area (Å²) in [5.41, 5.74) is 0.129. The number of Topliss-reactive ketones (excluding diaryl/α,β-unsaturated/α-hetero) is 1. The summed E-state index contributed by atoms with van der Waals surface area (Å²) >= 11 is 0. The fraction of sp³-hybridized carbons (Fsp3) is 0.389. The summed E-state index contributed by atoms with van der Waals surface area (Å²) in [5, 5.41) is 6.59. The van der Waals surface area contributed by atoms with Gasteiger partial charge in [0.1, 0.15) is 12.4 Å². The number of hydrogen-bond acceptors (Lipinski definition) is 4. The number of alkyl halides is 3. The Morgan fingerprint density at radius 2 is 1.89 bits per heavy atom. The third kappa shape index (κ3) is 7.12. The Hall–Kier alpha value is -2.84. The number of anilines is 1. The van der Waals surface area contributed by atoms with Crippen LogP contribution in [0.4, 0.5) is 23.7 Å². The van der Waals surface area contributed by atoms with Gasteiger partial charge in [0.05, 0.1) is 17.4 Å². The number of carbonyl (C=O) groups excluding carboxylic acids is 2. The highest BCUT2D eigenvalue weighted by Gasteiger charge is 2.29.